The number of carbonyl (C=O) groups excluding carboxylic acids is 3. The third-order valence-corrected chi connectivity index (χ3v) is 10.6. The average Bonchev–Trinajstić information content (AvgIpc) is 3.21. The van der Waals surface area contributed by atoms with Gasteiger partial charge >= 0.3 is 17.9 Å². The lowest BCUT2D eigenvalue weighted by Gasteiger charge is -2.18. The minimum Gasteiger partial charge on any atom is -0.462 e. The second-order valence-electron chi connectivity index (χ2n) is 16.4. The van der Waals surface area contributed by atoms with E-state index in [9.17, 15) is 14.4 Å². The van der Waals surface area contributed by atoms with Crippen LogP contribution in [0.4, 0.5) is 0 Å². The van der Waals surface area contributed by atoms with Crippen LogP contribution in [0, 0.1) is 0 Å². The lowest BCUT2D eigenvalue weighted by molar-refractivity contribution is -0.167. The Balaban J connectivity index is 4.23. The Morgan fingerprint density at radius 3 is 1.02 bits per heavy atom. The normalized spacial score (nSPS) is 12.3. The molecule has 6 nitrogen and oxygen atoms in total. The van der Waals surface area contributed by atoms with E-state index < -0.39 is 6.10 Å². The summed E-state index contributed by atoms with van der Waals surface area (Å²) in [6.07, 6.45) is 52.9. The number of esters is 3. The molecule has 57 heavy (non-hydrogen) atoms. The summed E-state index contributed by atoms with van der Waals surface area (Å²) in [4.78, 5) is 37.6. The molecule has 1 unspecified atom stereocenters. The van der Waals surface area contributed by atoms with Crippen LogP contribution in [0.15, 0.2) is 36.5 Å². The summed E-state index contributed by atoms with van der Waals surface area (Å²) in [6.45, 7) is 6.55. The molecule has 332 valence electrons. The Bertz CT molecular complexity index is 969. The first-order valence-electron chi connectivity index (χ1n) is 24.5. The van der Waals surface area contributed by atoms with Gasteiger partial charge < -0.3 is 14.2 Å². The topological polar surface area (TPSA) is 78.9 Å². The summed E-state index contributed by atoms with van der Waals surface area (Å²) < 4.78 is 16.7. The van der Waals surface area contributed by atoms with E-state index in [1.54, 1.807) is 0 Å². The summed E-state index contributed by atoms with van der Waals surface area (Å²) in [6, 6.07) is 0. The highest BCUT2D eigenvalue weighted by atomic mass is 16.6. The molecule has 0 aromatic carbocycles. The number of allylic oxidation sites excluding steroid dienone is 6. The zero-order valence-electron chi connectivity index (χ0n) is 37.9. The summed E-state index contributed by atoms with van der Waals surface area (Å²) in [5.41, 5.74) is 0. The highest BCUT2D eigenvalue weighted by Crippen LogP contribution is 2.15. The zero-order valence-corrected chi connectivity index (χ0v) is 37.9. The molecule has 0 rings (SSSR count). The molecule has 0 fully saturated rings. The highest BCUT2D eigenvalue weighted by Gasteiger charge is 2.19. The Labute approximate surface area is 353 Å². The van der Waals surface area contributed by atoms with E-state index >= 15 is 0 Å². The van der Waals surface area contributed by atoms with Crippen LogP contribution in [0.3, 0.4) is 0 Å². The number of rotatable bonds is 44. The Hall–Kier alpha value is -2.37. The van der Waals surface area contributed by atoms with E-state index in [2.05, 4.69) is 57.2 Å². The van der Waals surface area contributed by atoms with Crippen molar-refractivity contribution in [2.75, 3.05) is 13.2 Å². The molecule has 0 aromatic heterocycles. The monoisotopic (exact) mass is 801 g/mol. The van der Waals surface area contributed by atoms with E-state index in [1.807, 2.05) is 0 Å². The van der Waals surface area contributed by atoms with Crippen molar-refractivity contribution in [2.45, 2.75) is 258 Å². The minimum atomic E-state index is -0.770. The van der Waals surface area contributed by atoms with Crippen LogP contribution in [-0.4, -0.2) is 37.2 Å². The van der Waals surface area contributed by atoms with Crippen LogP contribution in [0.5, 0.6) is 0 Å². The number of ether oxygens (including phenoxy) is 3. The van der Waals surface area contributed by atoms with Crippen LogP contribution in [0.1, 0.15) is 252 Å². The van der Waals surface area contributed by atoms with Crippen molar-refractivity contribution in [3.63, 3.8) is 0 Å². The van der Waals surface area contributed by atoms with Crippen molar-refractivity contribution in [3.8, 4) is 0 Å². The molecule has 0 spiro atoms. The summed E-state index contributed by atoms with van der Waals surface area (Å²) in [5, 5.41) is 0. The van der Waals surface area contributed by atoms with Crippen LogP contribution in [0.2, 0.25) is 0 Å². The van der Waals surface area contributed by atoms with Crippen molar-refractivity contribution in [1.82, 2.24) is 0 Å². The van der Waals surface area contributed by atoms with Gasteiger partial charge in [-0.15, -0.1) is 0 Å². The standard InChI is InChI=1S/C51H92O6/c1-4-7-10-13-16-18-20-22-24-25-26-27-28-30-31-33-35-38-41-44-50(53)56-47-48(46-55-49(52)43-40-37-15-12-9-6-3)57-51(54)45-42-39-36-34-32-29-23-21-19-17-14-11-8-5-2/h16,18,22,24,26-27,48H,4-15,17,19-21,23,25,28-47H2,1-3H3/b18-16-,24-22-,27-26-. The first kappa shape index (κ1) is 54.6. The predicted molar refractivity (Wildman–Crippen MR) is 242 cm³/mol. The maximum Gasteiger partial charge on any atom is 0.306 e. The predicted octanol–water partition coefficient (Wildman–Crippen LogP) is 15.8. The number of hydrogen-bond donors (Lipinski definition) is 0. The lowest BCUT2D eigenvalue weighted by Crippen LogP contribution is -2.30. The molecule has 0 saturated heterocycles. The lowest BCUT2D eigenvalue weighted by atomic mass is 10.0. The maximum atomic E-state index is 12.7. The van der Waals surface area contributed by atoms with E-state index in [0.717, 1.165) is 77.0 Å². The van der Waals surface area contributed by atoms with Crippen molar-refractivity contribution in [1.29, 1.82) is 0 Å². The van der Waals surface area contributed by atoms with E-state index in [4.69, 9.17) is 14.2 Å². The van der Waals surface area contributed by atoms with Crippen molar-refractivity contribution >= 4 is 17.9 Å². The largest absolute Gasteiger partial charge is 0.462 e. The molecule has 6 heteroatoms. The third kappa shape index (κ3) is 44.6. The van der Waals surface area contributed by atoms with Gasteiger partial charge in [-0.2, -0.15) is 0 Å². The first-order chi connectivity index (χ1) is 28.0. The van der Waals surface area contributed by atoms with Gasteiger partial charge in [-0.05, 0) is 57.8 Å². The molecular formula is C51H92O6. The van der Waals surface area contributed by atoms with Gasteiger partial charge in [0.1, 0.15) is 13.2 Å². The number of carbonyl (C=O) groups is 3. The average molecular weight is 801 g/mol. The van der Waals surface area contributed by atoms with E-state index in [1.165, 1.54) is 135 Å². The quantitative estimate of drug-likeness (QED) is 0.0264. The SMILES string of the molecule is CCCCC/C=C\C/C=C\C/C=C\CCCCCCCCC(=O)OCC(COC(=O)CCCCCCCC)OC(=O)CCCCCCCCCCCCCCCC. The maximum absolute atomic E-state index is 12.7. The molecule has 0 aromatic rings. The number of unbranched alkanes of at least 4 members (excludes halogenated alkanes) is 27. The fourth-order valence-electron chi connectivity index (χ4n) is 6.92. The Kier molecular flexibility index (Phi) is 44.4. The van der Waals surface area contributed by atoms with Crippen LogP contribution >= 0.6 is 0 Å². The van der Waals surface area contributed by atoms with Gasteiger partial charge in [0, 0.05) is 19.3 Å². The second kappa shape index (κ2) is 46.3. The van der Waals surface area contributed by atoms with Crippen molar-refractivity contribution in [3.05, 3.63) is 36.5 Å². The minimum absolute atomic E-state index is 0.0742. The van der Waals surface area contributed by atoms with Gasteiger partial charge in [-0.3, -0.25) is 14.4 Å². The smallest absolute Gasteiger partial charge is 0.306 e. The Morgan fingerprint density at radius 1 is 0.351 bits per heavy atom. The van der Waals surface area contributed by atoms with Gasteiger partial charge in [-0.1, -0.05) is 211 Å². The molecule has 1 atom stereocenters. The molecule has 0 N–H and O–H groups in total. The molecule has 0 bridgehead atoms. The molecular weight excluding hydrogens is 709 g/mol. The van der Waals surface area contributed by atoms with E-state index in [0.29, 0.717) is 19.3 Å². The molecule has 0 amide bonds. The van der Waals surface area contributed by atoms with Gasteiger partial charge in [0.25, 0.3) is 0 Å². The first-order valence-corrected chi connectivity index (χ1v) is 24.5. The molecule has 0 heterocycles. The van der Waals surface area contributed by atoms with Gasteiger partial charge in [0.15, 0.2) is 6.10 Å². The molecule has 0 aliphatic rings. The zero-order chi connectivity index (χ0) is 41.5. The summed E-state index contributed by atoms with van der Waals surface area (Å²) >= 11 is 0. The fourth-order valence-corrected chi connectivity index (χ4v) is 6.92. The fraction of sp³-hybridized carbons (Fsp3) is 0.824. The molecule has 0 radical (unpaired) electrons. The molecule has 0 aliphatic heterocycles. The highest BCUT2D eigenvalue weighted by molar-refractivity contribution is 5.71. The van der Waals surface area contributed by atoms with E-state index in [-0.39, 0.29) is 31.1 Å². The third-order valence-electron chi connectivity index (χ3n) is 10.6. The van der Waals surface area contributed by atoms with Crippen LogP contribution in [-0.2, 0) is 28.6 Å². The molecule has 0 aliphatic carbocycles. The van der Waals surface area contributed by atoms with Crippen LogP contribution in [0.25, 0.3) is 0 Å². The van der Waals surface area contributed by atoms with Gasteiger partial charge in [-0.25, -0.2) is 0 Å². The Morgan fingerprint density at radius 2 is 0.632 bits per heavy atom. The summed E-state index contributed by atoms with van der Waals surface area (Å²) in [5.74, 6) is -0.890. The van der Waals surface area contributed by atoms with Crippen molar-refractivity contribution in [2.24, 2.45) is 0 Å². The second-order valence-corrected chi connectivity index (χ2v) is 16.4. The van der Waals surface area contributed by atoms with Gasteiger partial charge in [0.05, 0.1) is 0 Å². The van der Waals surface area contributed by atoms with Gasteiger partial charge in [0.2, 0.25) is 0 Å². The molecule has 0 saturated carbocycles. The van der Waals surface area contributed by atoms with Crippen molar-refractivity contribution < 1.29 is 28.6 Å². The summed E-state index contributed by atoms with van der Waals surface area (Å²) in [7, 11) is 0. The van der Waals surface area contributed by atoms with Crippen LogP contribution < -0.4 is 0 Å². The number of hydrogen-bond acceptors (Lipinski definition) is 6.